The van der Waals surface area contributed by atoms with Crippen LogP contribution in [0.25, 0.3) is 0 Å². The number of benzene rings is 1. The number of aliphatic imine (C=N–C) groups is 1. The van der Waals surface area contributed by atoms with Crippen LogP contribution < -0.4 is 10.6 Å². The van der Waals surface area contributed by atoms with Crippen molar-refractivity contribution in [2.75, 3.05) is 26.2 Å². The summed E-state index contributed by atoms with van der Waals surface area (Å²) >= 11 is 7.04. The fourth-order valence-corrected chi connectivity index (χ4v) is 7.09. The summed E-state index contributed by atoms with van der Waals surface area (Å²) in [5.74, 6) is 0.946. The van der Waals surface area contributed by atoms with Gasteiger partial charge in [0.1, 0.15) is 10.0 Å². The van der Waals surface area contributed by atoms with Crippen LogP contribution in [0.5, 0.6) is 0 Å². The summed E-state index contributed by atoms with van der Waals surface area (Å²) in [5.41, 5.74) is 2.15. The number of halogens is 2. The van der Waals surface area contributed by atoms with Gasteiger partial charge in [0.05, 0.1) is 16.4 Å². The van der Waals surface area contributed by atoms with Gasteiger partial charge in [-0.1, -0.05) is 41.4 Å². The number of nitrogens with zero attached hydrogens (tertiary/aromatic N) is 2. The lowest BCUT2D eigenvalue weighted by atomic mass is 9.85. The molecule has 0 bridgehead atoms. The van der Waals surface area contributed by atoms with Crippen LogP contribution in [0.4, 0.5) is 0 Å². The van der Waals surface area contributed by atoms with Gasteiger partial charge in [0, 0.05) is 26.2 Å². The van der Waals surface area contributed by atoms with Gasteiger partial charge >= 0.3 is 0 Å². The first-order valence-corrected chi connectivity index (χ1v) is 12.4. The van der Waals surface area contributed by atoms with Crippen molar-refractivity contribution < 1.29 is 8.42 Å². The largest absolute Gasteiger partial charge is 0.368 e. The highest BCUT2D eigenvalue weighted by molar-refractivity contribution is 7.91. The predicted molar refractivity (Wildman–Crippen MR) is 126 cm³/mol. The second-order valence-electron chi connectivity index (χ2n) is 7.54. The van der Waals surface area contributed by atoms with E-state index < -0.39 is 10.0 Å². The minimum atomic E-state index is -3.49. The number of piperidine rings is 1. The molecule has 0 aliphatic carbocycles. The highest BCUT2D eigenvalue weighted by Gasteiger charge is 2.43. The molecular formula is C20H26Cl2N4O2S2. The molecule has 1 spiro atoms. The lowest BCUT2D eigenvalue weighted by Gasteiger charge is -2.44. The molecule has 4 rings (SSSR count). The molecule has 2 aliphatic rings. The Balaban J connectivity index is 0.00000256. The predicted octanol–water partition coefficient (Wildman–Crippen LogP) is 3.45. The fraction of sp³-hybridized carbons (Fsp3) is 0.450. The zero-order chi connectivity index (χ0) is 20.5. The molecule has 2 aliphatic heterocycles. The zero-order valence-electron chi connectivity index (χ0n) is 16.7. The average Bonchev–Trinajstić information content (AvgIpc) is 3.15. The Morgan fingerprint density at radius 3 is 2.70 bits per heavy atom. The van der Waals surface area contributed by atoms with Crippen molar-refractivity contribution in [3.63, 3.8) is 0 Å². The van der Waals surface area contributed by atoms with E-state index in [1.54, 1.807) is 16.4 Å². The van der Waals surface area contributed by atoms with Gasteiger partial charge in [-0.15, -0.1) is 23.7 Å². The quantitative estimate of drug-likeness (QED) is 0.690. The number of nitrogens with one attached hydrogen (secondary N) is 2. The zero-order valence-corrected chi connectivity index (χ0v) is 19.9. The Labute approximate surface area is 193 Å². The maximum Gasteiger partial charge on any atom is 0.252 e. The molecule has 0 amide bonds. The van der Waals surface area contributed by atoms with E-state index in [-0.39, 0.29) is 17.9 Å². The first-order chi connectivity index (χ1) is 13.9. The molecule has 0 saturated carbocycles. The minimum Gasteiger partial charge on any atom is -0.368 e. The van der Waals surface area contributed by atoms with Crippen molar-refractivity contribution in [3.8, 4) is 0 Å². The number of sulfonamides is 1. The van der Waals surface area contributed by atoms with Crippen LogP contribution in [-0.2, 0) is 16.6 Å². The molecule has 0 atom stereocenters. The summed E-state index contributed by atoms with van der Waals surface area (Å²) in [5, 5.41) is 7.13. The maximum absolute atomic E-state index is 12.9. The Morgan fingerprint density at radius 1 is 1.27 bits per heavy atom. The molecule has 1 saturated heterocycles. The lowest BCUT2D eigenvalue weighted by Crippen LogP contribution is -2.64. The van der Waals surface area contributed by atoms with E-state index >= 15 is 0 Å². The third-order valence-electron chi connectivity index (χ3n) is 5.56. The first-order valence-electron chi connectivity index (χ1n) is 9.74. The Morgan fingerprint density at radius 2 is 2.03 bits per heavy atom. The summed E-state index contributed by atoms with van der Waals surface area (Å²) in [6.07, 6.45) is 1.37. The second kappa shape index (κ2) is 9.54. The van der Waals surface area contributed by atoms with Crippen molar-refractivity contribution in [2.24, 2.45) is 4.99 Å². The molecule has 3 heterocycles. The van der Waals surface area contributed by atoms with Gasteiger partial charge < -0.3 is 10.6 Å². The molecule has 1 aromatic carbocycles. The SMILES string of the molecule is Cc1cccc(CNC2=NCCNC23CCN(S(=O)(=O)c2ccc(Cl)s2)CC3)c1.Cl. The topological polar surface area (TPSA) is 73.8 Å². The van der Waals surface area contributed by atoms with Crippen LogP contribution in [-0.4, -0.2) is 50.3 Å². The van der Waals surface area contributed by atoms with Crippen molar-refractivity contribution in [2.45, 2.75) is 36.1 Å². The maximum atomic E-state index is 12.9. The molecule has 0 radical (unpaired) electrons. The second-order valence-corrected chi connectivity index (χ2v) is 11.4. The van der Waals surface area contributed by atoms with Crippen LogP contribution >= 0.6 is 35.3 Å². The lowest BCUT2D eigenvalue weighted by molar-refractivity contribution is 0.241. The van der Waals surface area contributed by atoms with E-state index in [0.717, 1.165) is 30.3 Å². The van der Waals surface area contributed by atoms with Gasteiger partial charge in [-0.25, -0.2) is 8.42 Å². The van der Waals surface area contributed by atoms with Crippen molar-refractivity contribution in [1.29, 1.82) is 0 Å². The Hall–Kier alpha value is -1.16. The fourth-order valence-electron chi connectivity index (χ4n) is 4.02. The summed E-state index contributed by atoms with van der Waals surface area (Å²) in [4.78, 5) is 4.75. The number of rotatable bonds is 4. The molecule has 1 aromatic heterocycles. The molecule has 2 N–H and O–H groups in total. The summed E-state index contributed by atoms with van der Waals surface area (Å²) in [6, 6.07) is 11.6. The number of amidine groups is 1. The van der Waals surface area contributed by atoms with Crippen molar-refractivity contribution in [3.05, 3.63) is 51.9 Å². The number of hydrogen-bond donors (Lipinski definition) is 2. The summed E-state index contributed by atoms with van der Waals surface area (Å²) in [7, 11) is -3.49. The highest BCUT2D eigenvalue weighted by Crippen LogP contribution is 2.32. The van der Waals surface area contributed by atoms with Gasteiger partial charge in [0.2, 0.25) is 0 Å². The minimum absolute atomic E-state index is 0. The normalized spacial score (nSPS) is 19.2. The average molecular weight is 489 g/mol. The third-order valence-corrected chi connectivity index (χ3v) is 9.16. The Kier molecular flexibility index (Phi) is 7.48. The van der Waals surface area contributed by atoms with Gasteiger partial charge in [0.25, 0.3) is 10.0 Å². The van der Waals surface area contributed by atoms with E-state index in [1.807, 2.05) is 0 Å². The van der Waals surface area contributed by atoms with Gasteiger partial charge in [-0.3, -0.25) is 4.99 Å². The highest BCUT2D eigenvalue weighted by atomic mass is 35.5. The summed E-state index contributed by atoms with van der Waals surface area (Å²) in [6.45, 7) is 5.24. The van der Waals surface area contributed by atoms with Crippen LogP contribution in [0.1, 0.15) is 24.0 Å². The van der Waals surface area contributed by atoms with Crippen molar-refractivity contribution in [1.82, 2.24) is 14.9 Å². The standard InChI is InChI=1S/C20H25ClN4O2S2.ClH/c1-15-3-2-4-16(13-15)14-23-19-20(24-10-9-22-19)7-11-25(12-8-20)29(26,27)18-6-5-17(21)28-18;/h2-6,13,24H,7-12,14H2,1H3,(H,22,23);1H. The van der Waals surface area contributed by atoms with Gasteiger partial charge in [-0.2, -0.15) is 4.31 Å². The molecule has 10 heteroatoms. The smallest absolute Gasteiger partial charge is 0.252 e. The molecule has 0 unspecified atom stereocenters. The number of thiophene rings is 1. The van der Waals surface area contributed by atoms with Crippen LogP contribution in [0, 0.1) is 6.92 Å². The van der Waals surface area contributed by atoms with E-state index in [2.05, 4.69) is 41.8 Å². The molecule has 1 fully saturated rings. The first kappa shape index (κ1) is 23.5. The molecule has 164 valence electrons. The van der Waals surface area contributed by atoms with Gasteiger partial charge in [0.15, 0.2) is 0 Å². The van der Waals surface area contributed by atoms with E-state index in [1.165, 1.54) is 11.1 Å². The number of hydrogen-bond acceptors (Lipinski definition) is 6. The van der Waals surface area contributed by atoms with Gasteiger partial charge in [-0.05, 0) is 37.5 Å². The molecule has 6 nitrogen and oxygen atoms in total. The number of aryl methyl sites for hydroxylation is 1. The van der Waals surface area contributed by atoms with Crippen LogP contribution in [0.3, 0.4) is 0 Å². The van der Waals surface area contributed by atoms with Crippen molar-refractivity contribution >= 4 is 51.2 Å². The molecule has 2 aromatic rings. The van der Waals surface area contributed by atoms with E-state index in [4.69, 9.17) is 16.6 Å². The van der Waals surface area contributed by atoms with E-state index in [9.17, 15) is 8.42 Å². The summed E-state index contributed by atoms with van der Waals surface area (Å²) < 4.78 is 28.2. The molecule has 30 heavy (non-hydrogen) atoms. The monoisotopic (exact) mass is 488 g/mol. The Bertz CT molecular complexity index is 1020. The van der Waals surface area contributed by atoms with Crippen LogP contribution in [0.2, 0.25) is 4.34 Å². The van der Waals surface area contributed by atoms with E-state index in [0.29, 0.717) is 41.0 Å². The van der Waals surface area contributed by atoms with Crippen LogP contribution in [0.15, 0.2) is 45.6 Å². The molecular weight excluding hydrogens is 463 g/mol. The third kappa shape index (κ3) is 4.84.